The summed E-state index contributed by atoms with van der Waals surface area (Å²) >= 11 is 0. The van der Waals surface area contributed by atoms with E-state index in [-0.39, 0.29) is 19.1 Å². The van der Waals surface area contributed by atoms with Crippen LogP contribution in [0.15, 0.2) is 46.8 Å². The second-order valence-corrected chi connectivity index (χ2v) is 8.96. The van der Waals surface area contributed by atoms with E-state index >= 15 is 0 Å². The van der Waals surface area contributed by atoms with Crippen molar-refractivity contribution in [3.05, 3.63) is 46.8 Å². The van der Waals surface area contributed by atoms with Crippen molar-refractivity contribution in [1.29, 1.82) is 0 Å². The van der Waals surface area contributed by atoms with Crippen molar-refractivity contribution in [2.24, 2.45) is 5.92 Å². The van der Waals surface area contributed by atoms with Gasteiger partial charge in [-0.15, -0.1) is 0 Å². The van der Waals surface area contributed by atoms with E-state index in [1.807, 2.05) is 32.9 Å². The van der Waals surface area contributed by atoms with Gasteiger partial charge in [-0.1, -0.05) is 36.3 Å². The van der Waals surface area contributed by atoms with Crippen LogP contribution in [0.3, 0.4) is 0 Å². The highest BCUT2D eigenvalue weighted by atomic mass is 16.7. The zero-order valence-corrected chi connectivity index (χ0v) is 21.4. The van der Waals surface area contributed by atoms with Gasteiger partial charge in [-0.05, 0) is 52.5 Å². The fraction of sp³-hybridized carbons (Fsp3) is 0.654. The van der Waals surface area contributed by atoms with Gasteiger partial charge in [0.15, 0.2) is 6.10 Å². The van der Waals surface area contributed by atoms with Crippen molar-refractivity contribution in [2.45, 2.75) is 84.6 Å². The third kappa shape index (κ3) is 10.2. The summed E-state index contributed by atoms with van der Waals surface area (Å²) < 4.78 is 17.0. The summed E-state index contributed by atoms with van der Waals surface area (Å²) in [6.07, 6.45) is 1.98. The molecule has 1 aliphatic heterocycles. The molecular weight excluding hydrogens is 456 g/mol. The number of esters is 1. The lowest BCUT2D eigenvalue weighted by Gasteiger charge is -2.41. The molecule has 9 nitrogen and oxygen atoms in total. The number of carbonyl (C=O) groups excluding carboxylic acids is 1. The quantitative estimate of drug-likeness (QED) is 0.111. The van der Waals surface area contributed by atoms with Crippen LogP contribution in [0.4, 0.5) is 0 Å². The number of allylic oxidation sites excluding steroid dienone is 5. The molecule has 35 heavy (non-hydrogen) atoms. The Morgan fingerprint density at radius 3 is 2.29 bits per heavy atom. The number of hydrogen-bond donors (Lipinski definition) is 5. The largest absolute Gasteiger partial charge is 0.467 e. The van der Waals surface area contributed by atoms with E-state index in [9.17, 15) is 25.2 Å². The first kappa shape index (κ1) is 31.0. The molecule has 9 heteroatoms. The summed E-state index contributed by atoms with van der Waals surface area (Å²) in [6.45, 7) is 8.27. The van der Waals surface area contributed by atoms with Gasteiger partial charge in [0.1, 0.15) is 18.3 Å². The Kier molecular flexibility index (Phi) is 14.1. The van der Waals surface area contributed by atoms with E-state index in [1.54, 1.807) is 26.0 Å². The van der Waals surface area contributed by atoms with Crippen LogP contribution in [0.5, 0.6) is 0 Å². The third-order valence-corrected chi connectivity index (χ3v) is 5.77. The molecule has 6 atom stereocenters. The summed E-state index contributed by atoms with van der Waals surface area (Å²) in [4.78, 5) is 12.2. The molecule has 1 aliphatic rings. The van der Waals surface area contributed by atoms with Crippen molar-refractivity contribution in [1.82, 2.24) is 0 Å². The van der Waals surface area contributed by atoms with Crippen molar-refractivity contribution < 1.29 is 44.5 Å². The first-order chi connectivity index (χ1) is 16.6. The van der Waals surface area contributed by atoms with Gasteiger partial charge < -0.3 is 39.7 Å². The number of hydrogen-bond acceptors (Lipinski definition) is 9. The van der Waals surface area contributed by atoms with Crippen LogP contribution in [0, 0.1) is 5.92 Å². The first-order valence-corrected chi connectivity index (χ1v) is 11.9. The molecule has 0 radical (unpaired) electrons. The van der Waals surface area contributed by atoms with Crippen LogP contribution in [0.25, 0.3) is 0 Å². The van der Waals surface area contributed by atoms with E-state index < -0.39 is 43.3 Å². The monoisotopic (exact) mass is 498 g/mol. The highest BCUT2D eigenvalue weighted by molar-refractivity contribution is 5.87. The van der Waals surface area contributed by atoms with Gasteiger partial charge >= 0.3 is 5.97 Å². The lowest BCUT2D eigenvalue weighted by molar-refractivity contribution is -0.294. The molecule has 1 saturated heterocycles. The minimum atomic E-state index is -1.54. The smallest absolute Gasteiger partial charge is 0.333 e. The zero-order chi connectivity index (χ0) is 26.5. The second-order valence-electron chi connectivity index (χ2n) is 8.96. The fourth-order valence-electron chi connectivity index (χ4n) is 3.61. The molecule has 1 fully saturated rings. The lowest BCUT2D eigenvalue weighted by Crippen LogP contribution is -2.60. The van der Waals surface area contributed by atoms with E-state index in [0.717, 1.165) is 11.1 Å². The summed E-state index contributed by atoms with van der Waals surface area (Å²) in [5, 5.41) is 49.5. The normalized spacial score (nSPS) is 27.5. The van der Waals surface area contributed by atoms with Crippen molar-refractivity contribution >= 4 is 5.97 Å². The number of carbonyl (C=O) groups is 1. The fourth-order valence-corrected chi connectivity index (χ4v) is 3.61. The number of aliphatic hydroxyl groups excluding tert-OH is 5. The van der Waals surface area contributed by atoms with Gasteiger partial charge in [-0.3, -0.25) is 0 Å². The van der Waals surface area contributed by atoms with E-state index in [1.165, 1.54) is 0 Å². The van der Waals surface area contributed by atoms with Crippen LogP contribution < -0.4 is 0 Å². The number of aliphatic hydroxyl groups is 5. The Morgan fingerprint density at radius 2 is 1.71 bits per heavy atom. The highest BCUT2D eigenvalue weighted by Gasteiger charge is 2.47. The topological polar surface area (TPSA) is 146 Å². The predicted molar refractivity (Wildman–Crippen MR) is 131 cm³/mol. The molecule has 200 valence electrons. The Bertz CT molecular complexity index is 782. The van der Waals surface area contributed by atoms with Gasteiger partial charge in [0.25, 0.3) is 0 Å². The van der Waals surface area contributed by atoms with E-state index in [2.05, 4.69) is 0 Å². The molecule has 5 N–H and O–H groups in total. The maximum absolute atomic E-state index is 12.2. The first-order valence-electron chi connectivity index (χ1n) is 11.9. The van der Waals surface area contributed by atoms with Crippen molar-refractivity contribution in [3.8, 4) is 0 Å². The molecule has 0 aromatic rings. The Balaban J connectivity index is 3.06. The summed E-state index contributed by atoms with van der Waals surface area (Å²) in [5.41, 5.74) is 2.14. The Hall–Kier alpha value is -2.01. The molecular formula is C26H42O9. The van der Waals surface area contributed by atoms with Gasteiger partial charge in [0.2, 0.25) is 6.29 Å². The molecule has 6 unspecified atom stereocenters. The molecule has 0 aromatic carbocycles. The zero-order valence-electron chi connectivity index (χ0n) is 21.4. The Morgan fingerprint density at radius 1 is 1.03 bits per heavy atom. The minimum absolute atomic E-state index is 0.0347. The maximum Gasteiger partial charge on any atom is 0.333 e. The van der Waals surface area contributed by atoms with Crippen LogP contribution in [-0.2, 0) is 19.0 Å². The molecule has 0 bridgehead atoms. The molecule has 0 spiro atoms. The van der Waals surface area contributed by atoms with Gasteiger partial charge in [0.05, 0.1) is 25.6 Å². The van der Waals surface area contributed by atoms with Crippen LogP contribution >= 0.6 is 0 Å². The lowest BCUT2D eigenvalue weighted by atomic mass is 9.98. The number of rotatable bonds is 13. The summed E-state index contributed by atoms with van der Waals surface area (Å²) in [7, 11) is 0. The molecule has 0 aliphatic carbocycles. The molecule has 1 heterocycles. The SMILES string of the molecule is CC=C(C)C(=O)OC1C(CO)OC(OC(=CC(C)CC(C)=CCO)CCC=C(C)CO)C(O)C1O. The van der Waals surface area contributed by atoms with Crippen LogP contribution in [0.2, 0.25) is 0 Å². The second kappa shape index (κ2) is 15.9. The van der Waals surface area contributed by atoms with Crippen LogP contribution in [-0.4, -0.2) is 82.0 Å². The molecule has 0 saturated carbocycles. The molecule has 0 amide bonds. The van der Waals surface area contributed by atoms with E-state index in [0.29, 0.717) is 30.6 Å². The molecule has 0 aromatic heterocycles. The summed E-state index contributed by atoms with van der Waals surface area (Å²) in [6, 6.07) is 0. The molecule has 1 rings (SSSR count). The highest BCUT2D eigenvalue weighted by Crippen LogP contribution is 2.28. The van der Waals surface area contributed by atoms with Gasteiger partial charge in [-0.2, -0.15) is 0 Å². The van der Waals surface area contributed by atoms with E-state index in [4.69, 9.17) is 19.3 Å². The average molecular weight is 499 g/mol. The van der Waals surface area contributed by atoms with Crippen molar-refractivity contribution in [2.75, 3.05) is 19.8 Å². The minimum Gasteiger partial charge on any atom is -0.467 e. The summed E-state index contributed by atoms with van der Waals surface area (Å²) in [5.74, 6) is -0.145. The average Bonchev–Trinajstić information content (AvgIpc) is 2.82. The number of ether oxygens (including phenoxy) is 3. The van der Waals surface area contributed by atoms with Crippen molar-refractivity contribution in [3.63, 3.8) is 0 Å². The van der Waals surface area contributed by atoms with Gasteiger partial charge in [0, 0.05) is 12.0 Å². The standard InChI is InChI=1S/C26H42O9/c1-6-19(5)25(32)35-24-21(15-29)34-26(23(31)22(24)30)33-20(9-7-8-17(3)14-28)13-18(4)12-16(2)10-11-27/h6,8,10,13,18,21-24,26-31H,7,9,11-12,14-15H2,1-5H3. The third-order valence-electron chi connectivity index (χ3n) is 5.77. The Labute approximate surface area is 208 Å². The van der Waals surface area contributed by atoms with Gasteiger partial charge in [-0.25, -0.2) is 4.79 Å². The maximum atomic E-state index is 12.2. The van der Waals surface area contributed by atoms with Crippen LogP contribution in [0.1, 0.15) is 53.9 Å². The predicted octanol–water partition coefficient (Wildman–Crippen LogP) is 1.89.